The van der Waals surface area contributed by atoms with Crippen LogP contribution in [0, 0.1) is 0 Å². The van der Waals surface area contributed by atoms with Gasteiger partial charge >= 0.3 is 0 Å². The highest BCUT2D eigenvalue weighted by Crippen LogP contribution is 2.41. The van der Waals surface area contributed by atoms with Crippen molar-refractivity contribution in [3.05, 3.63) is 47.9 Å². The molecule has 104 valence electrons. The number of thioether (sulfide) groups is 1. The lowest BCUT2D eigenvalue weighted by atomic mass is 10.1. The first-order valence-corrected chi connectivity index (χ1v) is 7.46. The molecule has 0 spiro atoms. The molecule has 1 aliphatic rings. The molecule has 1 aromatic carbocycles. The summed E-state index contributed by atoms with van der Waals surface area (Å²) in [4.78, 5) is 8.49. The molecule has 1 aliphatic carbocycles. The number of hydrogen-bond donors (Lipinski definition) is 1. The molecule has 0 bridgehead atoms. The minimum atomic E-state index is 0.312. The van der Waals surface area contributed by atoms with E-state index in [0.717, 1.165) is 17.2 Å². The number of aromatic nitrogens is 2. The van der Waals surface area contributed by atoms with Crippen molar-refractivity contribution in [2.24, 2.45) is 0 Å². The molecule has 4 nitrogen and oxygen atoms in total. The number of benzene rings is 1. The molecule has 1 aromatic heterocycles. The van der Waals surface area contributed by atoms with E-state index in [4.69, 9.17) is 4.74 Å². The molecule has 0 aliphatic heterocycles. The minimum absolute atomic E-state index is 0.312. The lowest BCUT2D eigenvalue weighted by molar-refractivity contribution is 0.413. The zero-order valence-electron chi connectivity index (χ0n) is 11.5. The third-order valence-corrected chi connectivity index (χ3v) is 4.80. The van der Waals surface area contributed by atoms with Gasteiger partial charge in [0.2, 0.25) is 0 Å². The number of hydrogen-bond acceptors (Lipinski definition) is 5. The molecule has 0 radical (unpaired) electrons. The van der Waals surface area contributed by atoms with Gasteiger partial charge in [0, 0.05) is 23.7 Å². The summed E-state index contributed by atoms with van der Waals surface area (Å²) >= 11 is 1.78. The summed E-state index contributed by atoms with van der Waals surface area (Å²) in [6.07, 6.45) is 6.29. The van der Waals surface area contributed by atoms with Crippen molar-refractivity contribution in [2.75, 3.05) is 14.2 Å². The van der Waals surface area contributed by atoms with Gasteiger partial charge in [0.1, 0.15) is 10.8 Å². The van der Waals surface area contributed by atoms with Crippen LogP contribution in [0.15, 0.2) is 41.8 Å². The Balaban J connectivity index is 1.85. The van der Waals surface area contributed by atoms with Crippen LogP contribution in [-0.2, 0) is 6.42 Å². The van der Waals surface area contributed by atoms with Crippen molar-refractivity contribution < 1.29 is 4.74 Å². The standard InChI is InChI=1S/C15H17N3OS/c1-16-15-12-8-11(19-2)4-3-10(12)7-13(15)20-14-9-17-5-6-18-14/h3-6,8-9,13,15-16H,7H2,1-2H3. The number of nitrogens with one attached hydrogen (secondary N) is 1. The van der Waals surface area contributed by atoms with Gasteiger partial charge in [-0.15, -0.1) is 0 Å². The zero-order chi connectivity index (χ0) is 13.9. The summed E-state index contributed by atoms with van der Waals surface area (Å²) in [5.74, 6) is 0.911. The van der Waals surface area contributed by atoms with E-state index in [0.29, 0.717) is 11.3 Å². The normalized spacial score (nSPS) is 20.7. The molecule has 2 aromatic rings. The number of methoxy groups -OCH3 is 1. The number of ether oxygens (including phenoxy) is 1. The maximum Gasteiger partial charge on any atom is 0.119 e. The van der Waals surface area contributed by atoms with Crippen LogP contribution in [-0.4, -0.2) is 29.4 Å². The topological polar surface area (TPSA) is 47.0 Å². The van der Waals surface area contributed by atoms with E-state index >= 15 is 0 Å². The van der Waals surface area contributed by atoms with Crippen molar-refractivity contribution in [2.45, 2.75) is 22.7 Å². The summed E-state index contributed by atoms with van der Waals surface area (Å²) in [6.45, 7) is 0. The van der Waals surface area contributed by atoms with E-state index in [1.807, 2.05) is 19.3 Å². The van der Waals surface area contributed by atoms with E-state index in [2.05, 4.69) is 27.4 Å². The third kappa shape index (κ3) is 2.51. The lowest BCUT2D eigenvalue weighted by Crippen LogP contribution is -2.23. The Morgan fingerprint density at radius 2 is 2.25 bits per heavy atom. The molecule has 1 heterocycles. The van der Waals surface area contributed by atoms with Gasteiger partial charge < -0.3 is 10.1 Å². The molecule has 20 heavy (non-hydrogen) atoms. The number of fused-ring (bicyclic) bond motifs is 1. The quantitative estimate of drug-likeness (QED) is 0.936. The van der Waals surface area contributed by atoms with Gasteiger partial charge in [-0.3, -0.25) is 4.98 Å². The molecule has 3 rings (SSSR count). The third-order valence-electron chi connectivity index (χ3n) is 3.60. The van der Waals surface area contributed by atoms with Gasteiger partial charge in [-0.25, -0.2) is 4.98 Å². The molecule has 1 N–H and O–H groups in total. The average molecular weight is 287 g/mol. The van der Waals surface area contributed by atoms with E-state index in [1.54, 1.807) is 31.3 Å². The molecular formula is C15H17N3OS. The second-order valence-corrected chi connectivity index (χ2v) is 5.99. The predicted octanol–water partition coefficient (Wildman–Crippen LogP) is 2.46. The number of nitrogens with zero attached hydrogens (tertiary/aromatic N) is 2. The van der Waals surface area contributed by atoms with Gasteiger partial charge in [-0.2, -0.15) is 0 Å². The summed E-state index contributed by atoms with van der Waals surface area (Å²) < 4.78 is 5.33. The summed E-state index contributed by atoms with van der Waals surface area (Å²) in [6, 6.07) is 6.64. The second kappa shape index (κ2) is 5.81. The fourth-order valence-corrected chi connectivity index (χ4v) is 3.90. The van der Waals surface area contributed by atoms with Crippen LogP contribution in [0.5, 0.6) is 5.75 Å². The Bertz CT molecular complexity index is 591. The predicted molar refractivity (Wildman–Crippen MR) is 80.2 cm³/mol. The van der Waals surface area contributed by atoms with Gasteiger partial charge in [-0.05, 0) is 36.7 Å². The first-order valence-electron chi connectivity index (χ1n) is 6.58. The summed E-state index contributed by atoms with van der Waals surface area (Å²) in [5.41, 5.74) is 2.71. The molecule has 0 saturated carbocycles. The molecule has 0 amide bonds. The first-order chi connectivity index (χ1) is 9.81. The van der Waals surface area contributed by atoms with Crippen molar-refractivity contribution in [3.8, 4) is 5.75 Å². The van der Waals surface area contributed by atoms with Gasteiger partial charge in [0.05, 0.1) is 13.3 Å². The van der Waals surface area contributed by atoms with Crippen LogP contribution >= 0.6 is 11.8 Å². The summed E-state index contributed by atoms with van der Waals surface area (Å²) in [7, 11) is 3.71. The Labute approximate surface area is 123 Å². The first kappa shape index (κ1) is 13.4. The fourth-order valence-electron chi connectivity index (χ4n) is 2.66. The Hall–Kier alpha value is -1.59. The number of rotatable bonds is 4. The smallest absolute Gasteiger partial charge is 0.119 e. The van der Waals surface area contributed by atoms with E-state index in [9.17, 15) is 0 Å². The fraction of sp³-hybridized carbons (Fsp3) is 0.333. The maximum absolute atomic E-state index is 5.33. The van der Waals surface area contributed by atoms with Crippen LogP contribution in [0.4, 0.5) is 0 Å². The van der Waals surface area contributed by atoms with Crippen LogP contribution in [0.2, 0.25) is 0 Å². The Morgan fingerprint density at radius 1 is 1.35 bits per heavy atom. The van der Waals surface area contributed by atoms with Gasteiger partial charge in [-0.1, -0.05) is 17.8 Å². The van der Waals surface area contributed by atoms with Crippen molar-refractivity contribution >= 4 is 11.8 Å². The lowest BCUT2D eigenvalue weighted by Gasteiger charge is -2.19. The highest BCUT2D eigenvalue weighted by atomic mass is 32.2. The van der Waals surface area contributed by atoms with Crippen LogP contribution < -0.4 is 10.1 Å². The molecule has 0 saturated heterocycles. The Kier molecular flexibility index (Phi) is 3.89. The van der Waals surface area contributed by atoms with Gasteiger partial charge in [0.15, 0.2) is 0 Å². The van der Waals surface area contributed by atoms with Crippen LogP contribution in [0.3, 0.4) is 0 Å². The highest BCUT2D eigenvalue weighted by molar-refractivity contribution is 7.99. The minimum Gasteiger partial charge on any atom is -0.497 e. The van der Waals surface area contributed by atoms with E-state index < -0.39 is 0 Å². The van der Waals surface area contributed by atoms with Crippen LogP contribution in [0.25, 0.3) is 0 Å². The molecule has 2 unspecified atom stereocenters. The molecule has 5 heteroatoms. The molecular weight excluding hydrogens is 270 g/mol. The van der Waals surface area contributed by atoms with Crippen molar-refractivity contribution in [3.63, 3.8) is 0 Å². The SMILES string of the molecule is CNC1c2cc(OC)ccc2CC1Sc1cnccn1. The zero-order valence-corrected chi connectivity index (χ0v) is 12.4. The molecule has 2 atom stereocenters. The van der Waals surface area contributed by atoms with Crippen molar-refractivity contribution in [1.29, 1.82) is 0 Å². The molecule has 0 fully saturated rings. The average Bonchev–Trinajstić information content (AvgIpc) is 2.84. The van der Waals surface area contributed by atoms with Gasteiger partial charge in [0.25, 0.3) is 0 Å². The maximum atomic E-state index is 5.33. The monoisotopic (exact) mass is 287 g/mol. The Morgan fingerprint density at radius 3 is 2.95 bits per heavy atom. The van der Waals surface area contributed by atoms with Crippen LogP contribution in [0.1, 0.15) is 17.2 Å². The largest absolute Gasteiger partial charge is 0.497 e. The second-order valence-electron chi connectivity index (χ2n) is 4.74. The van der Waals surface area contributed by atoms with E-state index in [-0.39, 0.29) is 0 Å². The highest BCUT2D eigenvalue weighted by Gasteiger charge is 2.32. The van der Waals surface area contributed by atoms with Crippen molar-refractivity contribution in [1.82, 2.24) is 15.3 Å². The summed E-state index contributed by atoms with van der Waals surface area (Å²) in [5, 5.41) is 4.82. The van der Waals surface area contributed by atoms with E-state index in [1.165, 1.54) is 11.1 Å².